The molecular formula is C15H26O. The fourth-order valence-electron chi connectivity index (χ4n) is 3.68. The van der Waals surface area contributed by atoms with E-state index in [0.717, 1.165) is 5.92 Å². The number of hydrogen-bond donors (Lipinski definition) is 0. The van der Waals surface area contributed by atoms with E-state index in [1.165, 1.54) is 51.4 Å². The third kappa shape index (κ3) is 2.28. The molecule has 0 N–H and O–H groups in total. The van der Waals surface area contributed by atoms with Gasteiger partial charge in [-0.1, -0.05) is 39.0 Å². The molecule has 1 heterocycles. The van der Waals surface area contributed by atoms with Gasteiger partial charge in [0.15, 0.2) is 0 Å². The number of ether oxygens (including phenoxy) is 1. The van der Waals surface area contributed by atoms with E-state index in [1.54, 1.807) is 0 Å². The molecule has 2 atom stereocenters. The van der Waals surface area contributed by atoms with Gasteiger partial charge in [0.2, 0.25) is 0 Å². The van der Waals surface area contributed by atoms with Crippen LogP contribution in [0.4, 0.5) is 0 Å². The zero-order valence-corrected chi connectivity index (χ0v) is 10.9. The Labute approximate surface area is 100 Å². The fraction of sp³-hybridized carbons (Fsp3) is 0.867. The highest BCUT2D eigenvalue weighted by atomic mass is 16.5. The van der Waals surface area contributed by atoms with Gasteiger partial charge >= 0.3 is 0 Å². The van der Waals surface area contributed by atoms with E-state index >= 15 is 0 Å². The predicted octanol–water partition coefficient (Wildman–Crippen LogP) is 4.68. The Morgan fingerprint density at radius 2 is 2.00 bits per heavy atom. The standard InChI is InChI=1S/C15H26O/c1-3-4-8-14-13(2)16-12-11-15(14)9-6-5-7-10-15/h11-14H,3-10H2,1-2H3. The maximum Gasteiger partial charge on any atom is 0.0986 e. The molecule has 0 saturated heterocycles. The molecule has 1 nitrogen and oxygen atoms in total. The van der Waals surface area contributed by atoms with Gasteiger partial charge in [0.25, 0.3) is 0 Å². The Kier molecular flexibility index (Phi) is 3.94. The van der Waals surface area contributed by atoms with Gasteiger partial charge in [-0.25, -0.2) is 0 Å². The van der Waals surface area contributed by atoms with Crippen molar-refractivity contribution in [1.82, 2.24) is 0 Å². The van der Waals surface area contributed by atoms with Crippen molar-refractivity contribution in [3.05, 3.63) is 12.3 Å². The van der Waals surface area contributed by atoms with Crippen molar-refractivity contribution >= 4 is 0 Å². The van der Waals surface area contributed by atoms with Crippen molar-refractivity contribution in [3.63, 3.8) is 0 Å². The topological polar surface area (TPSA) is 9.23 Å². The molecular weight excluding hydrogens is 196 g/mol. The van der Waals surface area contributed by atoms with E-state index in [2.05, 4.69) is 19.9 Å². The van der Waals surface area contributed by atoms with Crippen LogP contribution in [0.3, 0.4) is 0 Å². The third-order valence-electron chi connectivity index (χ3n) is 4.65. The third-order valence-corrected chi connectivity index (χ3v) is 4.65. The molecule has 16 heavy (non-hydrogen) atoms. The summed E-state index contributed by atoms with van der Waals surface area (Å²) in [6.45, 7) is 4.55. The van der Waals surface area contributed by atoms with Crippen molar-refractivity contribution in [3.8, 4) is 0 Å². The van der Waals surface area contributed by atoms with Gasteiger partial charge in [0.1, 0.15) is 0 Å². The molecule has 0 amide bonds. The van der Waals surface area contributed by atoms with Crippen LogP contribution >= 0.6 is 0 Å². The van der Waals surface area contributed by atoms with Gasteiger partial charge in [-0.05, 0) is 37.7 Å². The molecule has 1 spiro atoms. The second kappa shape index (κ2) is 5.25. The molecule has 0 aromatic rings. The predicted molar refractivity (Wildman–Crippen MR) is 68.2 cm³/mol. The van der Waals surface area contributed by atoms with Crippen LogP contribution in [0.1, 0.15) is 65.2 Å². The van der Waals surface area contributed by atoms with Crippen molar-refractivity contribution in [2.24, 2.45) is 11.3 Å². The smallest absolute Gasteiger partial charge is 0.0986 e. The fourth-order valence-corrected chi connectivity index (χ4v) is 3.68. The summed E-state index contributed by atoms with van der Waals surface area (Å²) in [4.78, 5) is 0. The summed E-state index contributed by atoms with van der Waals surface area (Å²) in [6, 6.07) is 0. The van der Waals surface area contributed by atoms with Crippen molar-refractivity contribution < 1.29 is 4.74 Å². The molecule has 1 fully saturated rings. The lowest BCUT2D eigenvalue weighted by molar-refractivity contribution is -0.00904. The van der Waals surface area contributed by atoms with Gasteiger partial charge < -0.3 is 4.74 Å². The Morgan fingerprint density at radius 3 is 2.69 bits per heavy atom. The second-order valence-electron chi connectivity index (χ2n) is 5.69. The first-order valence-corrected chi connectivity index (χ1v) is 7.12. The number of hydrogen-bond acceptors (Lipinski definition) is 1. The maximum atomic E-state index is 5.73. The van der Waals surface area contributed by atoms with E-state index in [1.807, 2.05) is 6.26 Å². The number of rotatable bonds is 3. The summed E-state index contributed by atoms with van der Waals surface area (Å²) in [5.74, 6) is 0.762. The van der Waals surface area contributed by atoms with Gasteiger partial charge in [0.05, 0.1) is 12.4 Å². The average Bonchev–Trinajstić information content (AvgIpc) is 2.30. The molecule has 1 aliphatic heterocycles. The van der Waals surface area contributed by atoms with E-state index in [4.69, 9.17) is 4.74 Å². The minimum absolute atomic E-state index is 0.426. The molecule has 2 unspecified atom stereocenters. The molecule has 1 heteroatoms. The molecule has 0 bridgehead atoms. The first kappa shape index (κ1) is 12.0. The minimum Gasteiger partial charge on any atom is -0.498 e. The summed E-state index contributed by atoms with van der Waals surface area (Å²) in [5.41, 5.74) is 0.491. The summed E-state index contributed by atoms with van der Waals surface area (Å²) in [7, 11) is 0. The lowest BCUT2D eigenvalue weighted by atomic mass is 9.62. The number of unbranched alkanes of at least 4 members (excludes halogenated alkanes) is 1. The Morgan fingerprint density at radius 1 is 1.25 bits per heavy atom. The van der Waals surface area contributed by atoms with Gasteiger partial charge in [-0.2, -0.15) is 0 Å². The van der Waals surface area contributed by atoms with Gasteiger partial charge in [-0.15, -0.1) is 0 Å². The van der Waals surface area contributed by atoms with Crippen LogP contribution in [-0.4, -0.2) is 6.10 Å². The van der Waals surface area contributed by atoms with E-state index < -0.39 is 0 Å². The highest BCUT2D eigenvalue weighted by Gasteiger charge is 2.42. The molecule has 0 aromatic heterocycles. The molecule has 2 aliphatic rings. The zero-order valence-electron chi connectivity index (χ0n) is 10.9. The van der Waals surface area contributed by atoms with Gasteiger partial charge in [0, 0.05) is 5.92 Å². The van der Waals surface area contributed by atoms with Crippen molar-refractivity contribution in [2.45, 2.75) is 71.3 Å². The van der Waals surface area contributed by atoms with Crippen LogP contribution in [0.15, 0.2) is 12.3 Å². The average molecular weight is 222 g/mol. The molecule has 0 aromatic carbocycles. The molecule has 0 radical (unpaired) electrons. The van der Waals surface area contributed by atoms with Crippen LogP contribution in [0, 0.1) is 11.3 Å². The first-order chi connectivity index (χ1) is 7.78. The SMILES string of the molecule is CCCCC1C(C)OC=CC12CCCCC2. The highest BCUT2D eigenvalue weighted by Crippen LogP contribution is 2.49. The highest BCUT2D eigenvalue weighted by molar-refractivity contribution is 5.07. The van der Waals surface area contributed by atoms with Crippen LogP contribution in [0.25, 0.3) is 0 Å². The van der Waals surface area contributed by atoms with Crippen LogP contribution in [0.5, 0.6) is 0 Å². The lowest BCUT2D eigenvalue weighted by Crippen LogP contribution is -2.40. The molecule has 1 saturated carbocycles. The quantitative estimate of drug-likeness (QED) is 0.674. The zero-order chi connectivity index (χ0) is 11.4. The first-order valence-electron chi connectivity index (χ1n) is 7.12. The van der Waals surface area contributed by atoms with Crippen LogP contribution in [0.2, 0.25) is 0 Å². The Hall–Kier alpha value is -0.460. The summed E-state index contributed by atoms with van der Waals surface area (Å²) < 4.78 is 5.73. The lowest BCUT2D eigenvalue weighted by Gasteiger charge is -2.46. The monoisotopic (exact) mass is 222 g/mol. The van der Waals surface area contributed by atoms with E-state index in [9.17, 15) is 0 Å². The van der Waals surface area contributed by atoms with Gasteiger partial charge in [-0.3, -0.25) is 0 Å². The maximum absolute atomic E-state index is 5.73. The Bertz CT molecular complexity index is 238. The van der Waals surface area contributed by atoms with Crippen LogP contribution < -0.4 is 0 Å². The largest absolute Gasteiger partial charge is 0.498 e. The molecule has 1 aliphatic carbocycles. The number of allylic oxidation sites excluding steroid dienone is 1. The summed E-state index contributed by atoms with van der Waals surface area (Å²) >= 11 is 0. The summed E-state index contributed by atoms with van der Waals surface area (Å²) in [5, 5.41) is 0. The van der Waals surface area contributed by atoms with Crippen molar-refractivity contribution in [1.29, 1.82) is 0 Å². The molecule has 92 valence electrons. The second-order valence-corrected chi connectivity index (χ2v) is 5.69. The van der Waals surface area contributed by atoms with E-state index in [-0.39, 0.29) is 0 Å². The van der Waals surface area contributed by atoms with E-state index in [0.29, 0.717) is 11.5 Å². The van der Waals surface area contributed by atoms with Crippen molar-refractivity contribution in [2.75, 3.05) is 0 Å². The molecule has 2 rings (SSSR count). The minimum atomic E-state index is 0.426. The normalized spacial score (nSPS) is 32.6. The Balaban J connectivity index is 2.11. The summed E-state index contributed by atoms with van der Waals surface area (Å²) in [6.07, 6.45) is 15.9. The van der Waals surface area contributed by atoms with Crippen LogP contribution in [-0.2, 0) is 4.74 Å².